The van der Waals surface area contributed by atoms with E-state index in [-0.39, 0.29) is 5.92 Å². The summed E-state index contributed by atoms with van der Waals surface area (Å²) in [6.07, 6.45) is 0. The summed E-state index contributed by atoms with van der Waals surface area (Å²) in [5, 5.41) is 4.49. The van der Waals surface area contributed by atoms with Crippen LogP contribution in [0.25, 0.3) is 0 Å². The lowest BCUT2D eigenvalue weighted by Crippen LogP contribution is -2.14. The van der Waals surface area contributed by atoms with Crippen LogP contribution in [0.2, 0.25) is 0 Å². The predicted octanol–water partition coefficient (Wildman–Crippen LogP) is 3.61. The Balaban J connectivity index is 1.99. The van der Waals surface area contributed by atoms with E-state index in [4.69, 9.17) is 5.73 Å². The quantitative estimate of drug-likeness (QED) is 0.791. The number of aromatic nitrogens is 2. The fourth-order valence-electron chi connectivity index (χ4n) is 2.66. The highest BCUT2D eigenvalue weighted by molar-refractivity contribution is 5.35. The summed E-state index contributed by atoms with van der Waals surface area (Å²) in [4.78, 5) is 0. The molecular formula is C18H19N3. The number of nitrogens with two attached hydrogens (primary N) is 1. The molecule has 3 heteroatoms. The van der Waals surface area contributed by atoms with Gasteiger partial charge < -0.3 is 5.73 Å². The van der Waals surface area contributed by atoms with E-state index in [2.05, 4.69) is 53.6 Å². The zero-order valence-electron chi connectivity index (χ0n) is 12.1. The fraction of sp³-hybridized carbons (Fsp3) is 0.167. The average Bonchev–Trinajstić information content (AvgIpc) is 2.84. The molecule has 0 aliphatic heterocycles. The lowest BCUT2D eigenvalue weighted by molar-refractivity contribution is 0.567. The Kier molecular flexibility index (Phi) is 3.73. The third-order valence-electron chi connectivity index (χ3n) is 3.69. The van der Waals surface area contributed by atoms with Gasteiger partial charge in [0.2, 0.25) is 0 Å². The van der Waals surface area contributed by atoms with E-state index in [1.54, 1.807) is 0 Å². The molecule has 0 saturated heterocycles. The maximum atomic E-state index is 6.05. The van der Waals surface area contributed by atoms with E-state index >= 15 is 0 Å². The van der Waals surface area contributed by atoms with E-state index in [9.17, 15) is 0 Å². The van der Waals surface area contributed by atoms with Crippen molar-refractivity contribution >= 4 is 5.82 Å². The topological polar surface area (TPSA) is 43.8 Å². The number of nitrogen functional groups attached to an aromatic ring is 1. The first kappa shape index (κ1) is 13.4. The zero-order valence-corrected chi connectivity index (χ0v) is 12.1. The Labute approximate surface area is 125 Å². The molecule has 2 aromatic carbocycles. The van der Waals surface area contributed by atoms with Crippen molar-refractivity contribution < 1.29 is 0 Å². The second kappa shape index (κ2) is 5.83. The van der Waals surface area contributed by atoms with Crippen molar-refractivity contribution in [3.05, 3.63) is 83.6 Å². The molecule has 2 N–H and O–H groups in total. The molecule has 3 rings (SSSR count). The minimum atomic E-state index is 0.244. The second-order valence-electron chi connectivity index (χ2n) is 5.27. The summed E-state index contributed by atoms with van der Waals surface area (Å²) in [5.41, 5.74) is 9.55. The number of aryl methyl sites for hydroxylation is 1. The molecule has 0 aliphatic carbocycles. The van der Waals surface area contributed by atoms with Crippen molar-refractivity contribution in [1.29, 1.82) is 0 Å². The van der Waals surface area contributed by atoms with Crippen LogP contribution in [-0.4, -0.2) is 9.78 Å². The SMILES string of the molecule is Cc1cc(N)n(CC(c2ccccc2)c2ccccc2)n1. The Bertz CT molecular complexity index is 662. The standard InChI is InChI=1S/C18H19N3/c1-14-12-18(19)21(20-14)13-17(15-8-4-2-5-9-15)16-10-6-3-7-11-16/h2-12,17H,13,19H2,1H3. The average molecular weight is 277 g/mol. The summed E-state index contributed by atoms with van der Waals surface area (Å²) in [6.45, 7) is 2.71. The molecule has 106 valence electrons. The van der Waals surface area contributed by atoms with Gasteiger partial charge in [-0.1, -0.05) is 60.7 Å². The van der Waals surface area contributed by atoms with Crippen LogP contribution in [-0.2, 0) is 6.54 Å². The van der Waals surface area contributed by atoms with Crippen molar-refractivity contribution in [1.82, 2.24) is 9.78 Å². The number of anilines is 1. The van der Waals surface area contributed by atoms with Gasteiger partial charge in [0.1, 0.15) is 5.82 Å². The van der Waals surface area contributed by atoms with Crippen molar-refractivity contribution in [2.24, 2.45) is 0 Å². The van der Waals surface area contributed by atoms with Gasteiger partial charge in [-0.25, -0.2) is 4.68 Å². The molecule has 0 amide bonds. The molecule has 3 nitrogen and oxygen atoms in total. The second-order valence-corrected chi connectivity index (χ2v) is 5.27. The number of hydrogen-bond acceptors (Lipinski definition) is 2. The molecule has 0 atom stereocenters. The number of nitrogens with zero attached hydrogens (tertiary/aromatic N) is 2. The van der Waals surface area contributed by atoms with Gasteiger partial charge in [-0.05, 0) is 18.1 Å². The molecule has 21 heavy (non-hydrogen) atoms. The minimum Gasteiger partial charge on any atom is -0.384 e. The summed E-state index contributed by atoms with van der Waals surface area (Å²) in [5.74, 6) is 0.957. The third kappa shape index (κ3) is 2.97. The smallest absolute Gasteiger partial charge is 0.121 e. The normalized spacial score (nSPS) is 11.0. The molecule has 1 heterocycles. The number of benzene rings is 2. The van der Waals surface area contributed by atoms with Crippen LogP contribution in [0, 0.1) is 6.92 Å². The van der Waals surface area contributed by atoms with E-state index in [1.165, 1.54) is 11.1 Å². The van der Waals surface area contributed by atoms with Crippen molar-refractivity contribution in [3.8, 4) is 0 Å². The lowest BCUT2D eigenvalue weighted by atomic mass is 9.91. The van der Waals surface area contributed by atoms with Gasteiger partial charge in [-0.15, -0.1) is 0 Å². The molecule has 0 spiro atoms. The Hall–Kier alpha value is -2.55. The summed E-state index contributed by atoms with van der Waals surface area (Å²) in [6, 6.07) is 22.9. The van der Waals surface area contributed by atoms with Crippen molar-refractivity contribution in [2.45, 2.75) is 19.4 Å². The van der Waals surface area contributed by atoms with E-state index in [0.717, 1.165) is 12.2 Å². The fourth-order valence-corrected chi connectivity index (χ4v) is 2.66. The molecule has 3 aromatic rings. The van der Waals surface area contributed by atoms with Gasteiger partial charge in [0.05, 0.1) is 12.2 Å². The third-order valence-corrected chi connectivity index (χ3v) is 3.69. The van der Waals surface area contributed by atoms with Crippen molar-refractivity contribution in [2.75, 3.05) is 5.73 Å². The largest absolute Gasteiger partial charge is 0.384 e. The van der Waals surface area contributed by atoms with Crippen LogP contribution >= 0.6 is 0 Å². The Morgan fingerprint density at radius 1 is 0.952 bits per heavy atom. The first-order valence-corrected chi connectivity index (χ1v) is 7.14. The van der Waals surface area contributed by atoms with Crippen LogP contribution < -0.4 is 5.73 Å². The highest BCUT2D eigenvalue weighted by Crippen LogP contribution is 2.27. The lowest BCUT2D eigenvalue weighted by Gasteiger charge is -2.19. The van der Waals surface area contributed by atoms with Gasteiger partial charge in [0.25, 0.3) is 0 Å². The maximum Gasteiger partial charge on any atom is 0.121 e. The molecule has 0 radical (unpaired) electrons. The monoisotopic (exact) mass is 277 g/mol. The molecule has 0 saturated carbocycles. The molecule has 0 bridgehead atoms. The molecular weight excluding hydrogens is 258 g/mol. The highest BCUT2D eigenvalue weighted by atomic mass is 15.3. The zero-order chi connectivity index (χ0) is 14.7. The van der Waals surface area contributed by atoms with Crippen molar-refractivity contribution in [3.63, 3.8) is 0 Å². The number of hydrogen-bond donors (Lipinski definition) is 1. The van der Waals surface area contributed by atoms with Crippen LogP contribution in [0.5, 0.6) is 0 Å². The van der Waals surface area contributed by atoms with Crippen LogP contribution in [0.3, 0.4) is 0 Å². The molecule has 0 fully saturated rings. The molecule has 1 aromatic heterocycles. The highest BCUT2D eigenvalue weighted by Gasteiger charge is 2.16. The van der Waals surface area contributed by atoms with Gasteiger partial charge in [0, 0.05) is 12.0 Å². The van der Waals surface area contributed by atoms with Gasteiger partial charge in [-0.3, -0.25) is 0 Å². The summed E-state index contributed by atoms with van der Waals surface area (Å²) >= 11 is 0. The van der Waals surface area contributed by atoms with E-state index < -0.39 is 0 Å². The first-order chi connectivity index (χ1) is 10.2. The van der Waals surface area contributed by atoms with Gasteiger partial charge in [0.15, 0.2) is 0 Å². The maximum absolute atomic E-state index is 6.05. The van der Waals surface area contributed by atoms with E-state index in [1.807, 2.05) is 29.8 Å². The van der Waals surface area contributed by atoms with Crippen LogP contribution in [0.4, 0.5) is 5.82 Å². The van der Waals surface area contributed by atoms with Crippen LogP contribution in [0.15, 0.2) is 66.7 Å². The summed E-state index contributed by atoms with van der Waals surface area (Å²) in [7, 11) is 0. The Morgan fingerprint density at radius 2 is 1.48 bits per heavy atom. The van der Waals surface area contributed by atoms with Gasteiger partial charge >= 0.3 is 0 Å². The molecule has 0 aliphatic rings. The predicted molar refractivity (Wildman–Crippen MR) is 86.1 cm³/mol. The van der Waals surface area contributed by atoms with E-state index in [0.29, 0.717) is 5.82 Å². The minimum absolute atomic E-state index is 0.244. The summed E-state index contributed by atoms with van der Waals surface area (Å²) < 4.78 is 1.89. The Morgan fingerprint density at radius 3 is 1.90 bits per heavy atom. The first-order valence-electron chi connectivity index (χ1n) is 7.14. The van der Waals surface area contributed by atoms with Gasteiger partial charge in [-0.2, -0.15) is 5.10 Å². The number of rotatable bonds is 4. The van der Waals surface area contributed by atoms with Crippen LogP contribution in [0.1, 0.15) is 22.7 Å². The molecule has 0 unspecified atom stereocenters.